The van der Waals surface area contributed by atoms with E-state index in [0.29, 0.717) is 5.35 Å². The van der Waals surface area contributed by atoms with Crippen LogP contribution in [0.3, 0.4) is 0 Å². The second kappa shape index (κ2) is 6.85. The Hall–Kier alpha value is -4.38. The molecule has 8 bridgehead atoms. The van der Waals surface area contributed by atoms with Gasteiger partial charge in [-0.25, -0.2) is 0 Å². The van der Waals surface area contributed by atoms with Gasteiger partial charge >= 0.3 is 0 Å². The van der Waals surface area contributed by atoms with E-state index in [4.69, 9.17) is 0 Å². The molecular formula is C26H20N4O. The van der Waals surface area contributed by atoms with Gasteiger partial charge < -0.3 is 25.0 Å². The summed E-state index contributed by atoms with van der Waals surface area (Å²) in [6.45, 7) is 0. The molecule has 4 aromatic heterocycles. The first kappa shape index (κ1) is 17.5. The van der Waals surface area contributed by atoms with Gasteiger partial charge in [-0.05, 0) is 66.3 Å². The fraction of sp³-hybridized carbons (Fsp3) is 0. The number of aromatic nitrogens is 4. The molecule has 0 fully saturated rings. The predicted octanol–water partition coefficient (Wildman–Crippen LogP) is 2.00. The lowest BCUT2D eigenvalue weighted by molar-refractivity contribution is 0.473. The highest BCUT2D eigenvalue weighted by Crippen LogP contribution is 2.22. The minimum Gasteiger partial charge on any atom is -0.505 e. The van der Waals surface area contributed by atoms with Crippen LogP contribution < -0.4 is 21.4 Å². The predicted molar refractivity (Wildman–Crippen MR) is 123 cm³/mol. The molecule has 31 heavy (non-hydrogen) atoms. The number of fused-ring (bicyclic) bond motifs is 8. The van der Waals surface area contributed by atoms with Gasteiger partial charge in [-0.15, -0.1) is 0 Å². The van der Waals surface area contributed by atoms with Gasteiger partial charge in [0.15, 0.2) is 0 Å². The third-order valence-electron chi connectivity index (χ3n) is 5.51. The smallest absolute Gasteiger partial charge is 0.149 e. The summed E-state index contributed by atoms with van der Waals surface area (Å²) in [7, 11) is 0. The maximum atomic E-state index is 11.1. The zero-order valence-electron chi connectivity index (χ0n) is 16.6. The molecule has 5 aromatic rings. The van der Waals surface area contributed by atoms with Crippen molar-refractivity contribution in [2.45, 2.75) is 0 Å². The van der Waals surface area contributed by atoms with E-state index in [1.165, 1.54) is 0 Å². The summed E-state index contributed by atoms with van der Waals surface area (Å²) in [5.41, 5.74) is 5.57. The molecule has 0 unspecified atom stereocenters. The zero-order valence-corrected chi connectivity index (χ0v) is 16.6. The van der Waals surface area contributed by atoms with Gasteiger partial charge in [-0.3, -0.25) is 0 Å². The molecule has 0 spiro atoms. The lowest BCUT2D eigenvalue weighted by Crippen LogP contribution is -2.11. The molecule has 1 aliphatic rings. The highest BCUT2D eigenvalue weighted by molar-refractivity contribution is 5.74. The number of hydrogen-bond donors (Lipinski definition) is 5. The summed E-state index contributed by atoms with van der Waals surface area (Å²) in [4.78, 5) is 13.6. The minimum atomic E-state index is 0.230. The second-order valence-electron chi connectivity index (χ2n) is 7.73. The molecule has 1 aromatic carbocycles. The molecule has 5 heteroatoms. The van der Waals surface area contributed by atoms with Crippen LogP contribution >= 0.6 is 0 Å². The van der Waals surface area contributed by atoms with Crippen molar-refractivity contribution in [3.63, 3.8) is 0 Å². The number of benzene rings is 1. The van der Waals surface area contributed by atoms with E-state index in [1.54, 1.807) is 0 Å². The molecule has 0 aliphatic carbocycles. The average molecular weight is 404 g/mol. The molecule has 1 aliphatic heterocycles. The highest BCUT2D eigenvalue weighted by atomic mass is 16.3. The summed E-state index contributed by atoms with van der Waals surface area (Å²) in [6.07, 6.45) is 8.08. The maximum Gasteiger partial charge on any atom is 0.149 e. The van der Waals surface area contributed by atoms with Gasteiger partial charge in [0.25, 0.3) is 0 Å². The van der Waals surface area contributed by atoms with Gasteiger partial charge in [0.1, 0.15) is 5.75 Å². The fourth-order valence-electron chi connectivity index (χ4n) is 4.08. The molecule has 0 atom stereocenters. The van der Waals surface area contributed by atoms with Crippen molar-refractivity contribution in [3.05, 3.63) is 111 Å². The number of hydrogen-bond acceptors (Lipinski definition) is 1. The summed E-state index contributed by atoms with van der Waals surface area (Å²) < 4.78 is 0. The van der Waals surface area contributed by atoms with E-state index in [0.717, 1.165) is 49.9 Å². The highest BCUT2D eigenvalue weighted by Gasteiger charge is 2.11. The Bertz CT molecular complexity index is 1640. The first-order valence-corrected chi connectivity index (χ1v) is 10.2. The maximum absolute atomic E-state index is 11.1. The van der Waals surface area contributed by atoms with Gasteiger partial charge in [0, 0.05) is 39.0 Å². The number of H-pyrrole nitrogens is 4. The Morgan fingerprint density at radius 2 is 1.03 bits per heavy atom. The van der Waals surface area contributed by atoms with E-state index in [1.807, 2.05) is 66.7 Å². The Morgan fingerprint density at radius 3 is 1.65 bits per heavy atom. The Morgan fingerprint density at radius 1 is 0.484 bits per heavy atom. The van der Waals surface area contributed by atoms with E-state index in [2.05, 4.69) is 44.2 Å². The first-order chi connectivity index (χ1) is 15.2. The lowest BCUT2D eigenvalue weighted by atomic mass is 10.1. The van der Waals surface area contributed by atoms with Crippen molar-refractivity contribution in [1.82, 2.24) is 19.9 Å². The van der Waals surface area contributed by atoms with Gasteiger partial charge in [-0.1, -0.05) is 30.3 Å². The van der Waals surface area contributed by atoms with E-state index in [-0.39, 0.29) is 5.75 Å². The van der Waals surface area contributed by atoms with Gasteiger partial charge in [0.05, 0.1) is 10.7 Å². The molecule has 0 radical (unpaired) electrons. The van der Waals surface area contributed by atoms with Crippen molar-refractivity contribution >= 4 is 24.3 Å². The quantitative estimate of drug-likeness (QED) is 0.285. The summed E-state index contributed by atoms with van der Waals surface area (Å²) >= 11 is 0. The van der Waals surface area contributed by atoms with E-state index >= 15 is 0 Å². The molecule has 5 nitrogen and oxygen atoms in total. The van der Waals surface area contributed by atoms with Crippen LogP contribution in [0, 0.1) is 0 Å². The van der Waals surface area contributed by atoms with Crippen molar-refractivity contribution in [2.24, 2.45) is 0 Å². The largest absolute Gasteiger partial charge is 0.505 e. The SMILES string of the molecule is Oc1c(-c2ccccc2)c2[nH]c1=Cc1ccc([nH]1)C=c1ccc([nH]1)=Cc1ccc([nH]1)C=2. The molecule has 0 saturated heterocycles. The third kappa shape index (κ3) is 3.22. The Labute approximate surface area is 177 Å². The fourth-order valence-corrected chi connectivity index (χ4v) is 4.08. The van der Waals surface area contributed by atoms with Crippen LogP contribution in [0.5, 0.6) is 5.75 Å². The first-order valence-electron chi connectivity index (χ1n) is 10.2. The standard InChI is InChI=1S/C26H20N4O/c31-26-24-15-22-11-9-20(29-22)13-18-7-6-17(27-18)12-19-8-10-21(28-19)14-23(30-24)25(26)16-4-2-1-3-5-16/h1-15,27-31H. The average Bonchev–Trinajstić information content (AvgIpc) is 3.55. The second-order valence-corrected chi connectivity index (χ2v) is 7.73. The molecule has 6 rings (SSSR count). The number of aromatic amines is 4. The van der Waals surface area contributed by atoms with Crippen LogP contribution in [0.4, 0.5) is 0 Å². The normalized spacial score (nSPS) is 12.4. The molecule has 150 valence electrons. The summed E-state index contributed by atoms with van der Waals surface area (Å²) in [6, 6.07) is 22.2. The Kier molecular flexibility index (Phi) is 3.86. The van der Waals surface area contributed by atoms with Gasteiger partial charge in [-0.2, -0.15) is 0 Å². The monoisotopic (exact) mass is 404 g/mol. The van der Waals surface area contributed by atoms with Crippen molar-refractivity contribution in [3.8, 4) is 16.9 Å². The summed E-state index contributed by atoms with van der Waals surface area (Å²) in [5.74, 6) is 0.230. The number of nitrogens with one attached hydrogen (secondary N) is 4. The molecule has 5 N–H and O–H groups in total. The molecular weight excluding hydrogens is 384 g/mol. The van der Waals surface area contributed by atoms with Gasteiger partial charge in [0.2, 0.25) is 0 Å². The Balaban J connectivity index is 1.67. The van der Waals surface area contributed by atoms with Crippen LogP contribution in [-0.4, -0.2) is 25.0 Å². The lowest BCUT2D eigenvalue weighted by Gasteiger charge is -1.99. The molecule has 0 amide bonds. The van der Waals surface area contributed by atoms with Crippen LogP contribution in [0.2, 0.25) is 0 Å². The third-order valence-corrected chi connectivity index (χ3v) is 5.51. The number of rotatable bonds is 1. The van der Waals surface area contributed by atoms with Crippen molar-refractivity contribution in [1.29, 1.82) is 0 Å². The number of aromatic hydroxyl groups is 1. The summed E-state index contributed by atoms with van der Waals surface area (Å²) in [5, 5.41) is 14.7. The zero-order chi connectivity index (χ0) is 20.8. The van der Waals surface area contributed by atoms with Crippen LogP contribution in [0.15, 0.2) is 66.7 Å². The molecule has 0 saturated carbocycles. The van der Waals surface area contributed by atoms with Crippen LogP contribution in [0.25, 0.3) is 35.4 Å². The van der Waals surface area contributed by atoms with Crippen LogP contribution in [-0.2, 0) is 0 Å². The van der Waals surface area contributed by atoms with E-state index < -0.39 is 0 Å². The minimum absolute atomic E-state index is 0.230. The topological polar surface area (TPSA) is 83.4 Å². The van der Waals surface area contributed by atoms with Crippen molar-refractivity contribution < 1.29 is 5.11 Å². The van der Waals surface area contributed by atoms with E-state index in [9.17, 15) is 5.11 Å². The van der Waals surface area contributed by atoms with Crippen LogP contribution in [0.1, 0.15) is 22.8 Å². The molecule has 5 heterocycles. The van der Waals surface area contributed by atoms with Crippen molar-refractivity contribution in [2.75, 3.05) is 0 Å².